The Labute approximate surface area is 167 Å². The van der Waals surface area contributed by atoms with Crippen molar-refractivity contribution in [3.63, 3.8) is 0 Å². The van der Waals surface area contributed by atoms with Crippen molar-refractivity contribution in [2.45, 2.75) is 72.1 Å². The summed E-state index contributed by atoms with van der Waals surface area (Å²) in [6, 6.07) is 0. The third-order valence-electron chi connectivity index (χ3n) is 5.03. The van der Waals surface area contributed by atoms with Gasteiger partial charge in [0.25, 0.3) is 0 Å². The molecule has 0 spiro atoms. The summed E-state index contributed by atoms with van der Waals surface area (Å²) in [5, 5.41) is 27.4. The van der Waals surface area contributed by atoms with E-state index in [1.807, 2.05) is 6.08 Å². The molecule has 3 nitrogen and oxygen atoms in total. The summed E-state index contributed by atoms with van der Waals surface area (Å²) in [5.74, 6) is 2.69. The maximum atomic E-state index is 9.27. The van der Waals surface area contributed by atoms with Crippen molar-refractivity contribution < 1.29 is 15.3 Å². The van der Waals surface area contributed by atoms with Crippen molar-refractivity contribution in [2.75, 3.05) is 19.8 Å². The molecule has 0 amide bonds. The van der Waals surface area contributed by atoms with E-state index in [0.29, 0.717) is 24.2 Å². The molecule has 3 unspecified atom stereocenters. The molecule has 157 valence electrons. The third kappa shape index (κ3) is 11.5. The van der Waals surface area contributed by atoms with Gasteiger partial charge in [-0.3, -0.25) is 0 Å². The van der Waals surface area contributed by atoms with Crippen LogP contribution in [0.1, 0.15) is 72.1 Å². The van der Waals surface area contributed by atoms with Crippen molar-refractivity contribution >= 4 is 0 Å². The van der Waals surface area contributed by atoms with Crippen LogP contribution in [0.15, 0.2) is 36.5 Å². The topological polar surface area (TPSA) is 60.7 Å². The van der Waals surface area contributed by atoms with Crippen LogP contribution in [0.4, 0.5) is 0 Å². The van der Waals surface area contributed by atoms with Gasteiger partial charge >= 0.3 is 0 Å². The van der Waals surface area contributed by atoms with E-state index in [0.717, 1.165) is 44.9 Å². The number of hydrogen-bond acceptors (Lipinski definition) is 3. The van der Waals surface area contributed by atoms with E-state index in [9.17, 15) is 5.11 Å². The SMILES string of the molecule is CCCC(C=CCO)[C](C=CCCCO)C(CC)C(C=CCCO)CCC. The second-order valence-electron chi connectivity index (χ2n) is 7.18. The number of rotatable bonds is 17. The molecule has 0 bridgehead atoms. The van der Waals surface area contributed by atoms with Crippen LogP contribution in [-0.2, 0) is 0 Å². The molecule has 0 aromatic heterocycles. The summed E-state index contributed by atoms with van der Waals surface area (Å²) >= 11 is 0. The van der Waals surface area contributed by atoms with Crippen LogP contribution in [0.5, 0.6) is 0 Å². The Morgan fingerprint density at radius 3 is 2.11 bits per heavy atom. The monoisotopic (exact) mass is 379 g/mol. The van der Waals surface area contributed by atoms with Gasteiger partial charge in [-0.1, -0.05) is 76.5 Å². The van der Waals surface area contributed by atoms with E-state index in [1.54, 1.807) is 0 Å². The minimum absolute atomic E-state index is 0.0767. The molecule has 27 heavy (non-hydrogen) atoms. The standard InChI is InChI=1S/C24H43O3/c1-4-13-21(15-9-11-19-26)23(6-3)24(17-8-7-10-18-25)22(14-5-2)16-12-20-27/h8-9,12,15-17,21-23,25-27H,4-7,10-11,13-14,18-20H2,1-3H3. The van der Waals surface area contributed by atoms with Crippen LogP contribution in [0.3, 0.4) is 0 Å². The number of aliphatic hydroxyl groups is 3. The molecule has 0 saturated heterocycles. The quantitative estimate of drug-likeness (QED) is 0.239. The average Bonchev–Trinajstić information content (AvgIpc) is 2.67. The molecule has 0 aliphatic rings. The van der Waals surface area contributed by atoms with Gasteiger partial charge in [-0.05, 0) is 49.9 Å². The van der Waals surface area contributed by atoms with Crippen molar-refractivity contribution in [3.05, 3.63) is 42.4 Å². The smallest absolute Gasteiger partial charge is 0.0612 e. The van der Waals surface area contributed by atoms with Crippen LogP contribution in [0, 0.1) is 23.7 Å². The molecule has 0 saturated carbocycles. The molecule has 1 radical (unpaired) electrons. The molecule has 0 aliphatic carbocycles. The van der Waals surface area contributed by atoms with Gasteiger partial charge in [-0.25, -0.2) is 0 Å². The molecule has 0 fully saturated rings. The summed E-state index contributed by atoms with van der Waals surface area (Å²) in [6.45, 7) is 7.19. The van der Waals surface area contributed by atoms with Gasteiger partial charge in [0, 0.05) is 19.1 Å². The second kappa shape index (κ2) is 18.5. The number of unbranched alkanes of at least 4 members (excludes halogenated alkanes) is 1. The Balaban J connectivity index is 5.66. The molecular formula is C24H43O3. The fourth-order valence-corrected chi connectivity index (χ4v) is 3.76. The number of hydrogen-bond donors (Lipinski definition) is 3. The first-order chi connectivity index (χ1) is 13.2. The fraction of sp³-hybridized carbons (Fsp3) is 0.708. The lowest BCUT2D eigenvalue weighted by molar-refractivity contribution is 0.289. The molecular weight excluding hydrogens is 336 g/mol. The summed E-state index contributed by atoms with van der Waals surface area (Å²) < 4.78 is 0. The predicted octanol–water partition coefficient (Wildman–Crippen LogP) is 5.24. The first kappa shape index (κ1) is 26.1. The van der Waals surface area contributed by atoms with Crippen LogP contribution in [0.25, 0.3) is 0 Å². The van der Waals surface area contributed by atoms with Gasteiger partial charge in [0.2, 0.25) is 0 Å². The molecule has 3 N–H and O–H groups in total. The minimum Gasteiger partial charge on any atom is -0.396 e. The Hall–Kier alpha value is -0.900. The normalized spacial score (nSPS) is 16.1. The molecule has 0 aromatic carbocycles. The maximum Gasteiger partial charge on any atom is 0.0612 e. The van der Waals surface area contributed by atoms with Gasteiger partial charge in [-0.15, -0.1) is 0 Å². The zero-order valence-electron chi connectivity index (χ0n) is 17.8. The average molecular weight is 380 g/mol. The van der Waals surface area contributed by atoms with Crippen molar-refractivity contribution in [3.8, 4) is 0 Å². The van der Waals surface area contributed by atoms with Gasteiger partial charge in [0.05, 0.1) is 6.61 Å². The molecule has 0 aliphatic heterocycles. The van der Waals surface area contributed by atoms with Crippen molar-refractivity contribution in [2.24, 2.45) is 17.8 Å². The maximum absolute atomic E-state index is 9.27. The number of aliphatic hydroxyl groups excluding tert-OH is 3. The van der Waals surface area contributed by atoms with Crippen LogP contribution < -0.4 is 0 Å². The number of allylic oxidation sites excluding steroid dienone is 4. The zero-order valence-corrected chi connectivity index (χ0v) is 17.8. The summed E-state index contributed by atoms with van der Waals surface area (Å²) in [5.41, 5.74) is 0. The Bertz CT molecular complexity index is 400. The van der Waals surface area contributed by atoms with Crippen molar-refractivity contribution in [1.82, 2.24) is 0 Å². The first-order valence-electron chi connectivity index (χ1n) is 10.9. The Morgan fingerprint density at radius 2 is 1.56 bits per heavy atom. The van der Waals surface area contributed by atoms with E-state index in [2.05, 4.69) is 51.2 Å². The first-order valence-corrected chi connectivity index (χ1v) is 10.9. The molecule has 0 rings (SSSR count). The lowest BCUT2D eigenvalue weighted by Gasteiger charge is -2.34. The highest BCUT2D eigenvalue weighted by atomic mass is 16.3. The Morgan fingerprint density at radius 1 is 0.815 bits per heavy atom. The molecule has 3 atom stereocenters. The lowest BCUT2D eigenvalue weighted by atomic mass is 9.70. The van der Waals surface area contributed by atoms with Gasteiger partial charge < -0.3 is 15.3 Å². The van der Waals surface area contributed by atoms with Crippen LogP contribution in [0.2, 0.25) is 0 Å². The van der Waals surface area contributed by atoms with Gasteiger partial charge in [0.15, 0.2) is 0 Å². The zero-order chi connectivity index (χ0) is 20.3. The third-order valence-corrected chi connectivity index (χ3v) is 5.03. The van der Waals surface area contributed by atoms with Crippen molar-refractivity contribution in [1.29, 1.82) is 0 Å². The van der Waals surface area contributed by atoms with E-state index >= 15 is 0 Å². The predicted molar refractivity (Wildman–Crippen MR) is 116 cm³/mol. The minimum atomic E-state index is 0.0767. The Kier molecular flexibility index (Phi) is 17.8. The highest BCUT2D eigenvalue weighted by Gasteiger charge is 2.29. The highest BCUT2D eigenvalue weighted by molar-refractivity contribution is 5.23. The summed E-state index contributed by atoms with van der Waals surface area (Å²) in [6.07, 6.45) is 20.8. The lowest BCUT2D eigenvalue weighted by Crippen LogP contribution is -2.25. The fourth-order valence-electron chi connectivity index (χ4n) is 3.76. The van der Waals surface area contributed by atoms with E-state index in [-0.39, 0.29) is 19.8 Å². The van der Waals surface area contributed by atoms with E-state index in [1.165, 1.54) is 5.92 Å². The second-order valence-corrected chi connectivity index (χ2v) is 7.18. The van der Waals surface area contributed by atoms with Crippen LogP contribution in [-0.4, -0.2) is 35.1 Å². The largest absolute Gasteiger partial charge is 0.396 e. The van der Waals surface area contributed by atoms with Gasteiger partial charge in [0.1, 0.15) is 0 Å². The van der Waals surface area contributed by atoms with Crippen LogP contribution >= 0.6 is 0 Å². The molecule has 0 aromatic rings. The molecule has 0 heterocycles. The molecule has 3 heteroatoms. The summed E-state index contributed by atoms with van der Waals surface area (Å²) in [7, 11) is 0. The van der Waals surface area contributed by atoms with E-state index in [4.69, 9.17) is 10.2 Å². The van der Waals surface area contributed by atoms with Gasteiger partial charge in [-0.2, -0.15) is 0 Å². The highest BCUT2D eigenvalue weighted by Crippen LogP contribution is 2.39. The van der Waals surface area contributed by atoms with E-state index < -0.39 is 0 Å². The summed E-state index contributed by atoms with van der Waals surface area (Å²) in [4.78, 5) is 0.